The Bertz CT molecular complexity index is 1440. The fraction of sp³-hybridized carbons (Fsp3) is 0.136. The first kappa shape index (κ1) is 18.6. The number of aryl methyl sites for hydroxylation is 2. The van der Waals surface area contributed by atoms with E-state index in [1.165, 1.54) is 42.0 Å². The van der Waals surface area contributed by atoms with Crippen LogP contribution < -0.4 is 4.74 Å². The van der Waals surface area contributed by atoms with E-state index in [1.54, 1.807) is 0 Å². The maximum absolute atomic E-state index is 14.8. The van der Waals surface area contributed by atoms with Crippen LogP contribution in [-0.2, 0) is 7.05 Å². The predicted molar refractivity (Wildman–Crippen MR) is 114 cm³/mol. The summed E-state index contributed by atoms with van der Waals surface area (Å²) in [6.45, 7) is 1.94. The van der Waals surface area contributed by atoms with E-state index in [9.17, 15) is 8.78 Å². The van der Waals surface area contributed by atoms with Gasteiger partial charge in [0.05, 0.1) is 28.2 Å². The first-order valence-electron chi connectivity index (χ1n) is 9.18. The van der Waals surface area contributed by atoms with Gasteiger partial charge in [0.15, 0.2) is 0 Å². The Labute approximate surface area is 174 Å². The van der Waals surface area contributed by atoms with E-state index < -0.39 is 11.6 Å². The summed E-state index contributed by atoms with van der Waals surface area (Å²) in [4.78, 5) is 4.57. The molecule has 30 heavy (non-hydrogen) atoms. The Balaban J connectivity index is 1.75. The number of benzene rings is 2. The molecule has 0 saturated heterocycles. The summed E-state index contributed by atoms with van der Waals surface area (Å²) >= 11 is 1.26. The molecular weight excluding hydrogens is 406 g/mol. The Morgan fingerprint density at radius 3 is 2.63 bits per heavy atom. The van der Waals surface area contributed by atoms with Crippen molar-refractivity contribution in [3.05, 3.63) is 59.2 Å². The summed E-state index contributed by atoms with van der Waals surface area (Å²) in [5.41, 5.74) is 4.02. The number of hydrogen-bond acceptors (Lipinski definition) is 5. The lowest BCUT2D eigenvalue weighted by atomic mass is 10.0. The van der Waals surface area contributed by atoms with Gasteiger partial charge in [0.1, 0.15) is 34.6 Å². The van der Waals surface area contributed by atoms with Crippen molar-refractivity contribution in [3.63, 3.8) is 0 Å². The van der Waals surface area contributed by atoms with Crippen LogP contribution in [0.4, 0.5) is 8.78 Å². The van der Waals surface area contributed by atoms with Gasteiger partial charge in [-0.25, -0.2) is 13.8 Å². The lowest BCUT2D eigenvalue weighted by molar-refractivity contribution is 0.413. The minimum atomic E-state index is -0.443. The second-order valence-corrected chi connectivity index (χ2v) is 7.83. The fourth-order valence-corrected chi connectivity index (χ4v) is 4.55. The van der Waals surface area contributed by atoms with Crippen molar-refractivity contribution in [2.75, 3.05) is 7.11 Å². The van der Waals surface area contributed by atoms with E-state index in [4.69, 9.17) is 4.74 Å². The number of aromatic nitrogens is 4. The molecular formula is C22H16F2N4OS. The number of methoxy groups -OCH3 is 1. The summed E-state index contributed by atoms with van der Waals surface area (Å²) in [6.07, 6.45) is 0. The van der Waals surface area contributed by atoms with Gasteiger partial charge in [0, 0.05) is 29.6 Å². The van der Waals surface area contributed by atoms with Crippen molar-refractivity contribution < 1.29 is 13.5 Å². The van der Waals surface area contributed by atoms with Gasteiger partial charge in [-0.15, -0.1) is 21.5 Å². The zero-order valence-electron chi connectivity index (χ0n) is 16.4. The molecule has 0 unspecified atom stereocenters. The van der Waals surface area contributed by atoms with Gasteiger partial charge in [-0.3, -0.25) is 0 Å². The first-order valence-corrected chi connectivity index (χ1v) is 10.1. The van der Waals surface area contributed by atoms with E-state index in [2.05, 4.69) is 15.2 Å². The van der Waals surface area contributed by atoms with Crippen molar-refractivity contribution >= 4 is 32.5 Å². The topological polar surface area (TPSA) is 52.8 Å². The molecule has 150 valence electrons. The lowest BCUT2D eigenvalue weighted by Gasteiger charge is -2.10. The maximum atomic E-state index is 14.8. The van der Waals surface area contributed by atoms with Gasteiger partial charge in [0.2, 0.25) is 0 Å². The average molecular weight is 422 g/mol. The van der Waals surface area contributed by atoms with E-state index in [0.29, 0.717) is 27.0 Å². The molecule has 0 N–H and O–H groups in total. The predicted octanol–water partition coefficient (Wildman–Crippen LogP) is 5.51. The molecule has 8 heteroatoms. The van der Waals surface area contributed by atoms with Crippen LogP contribution in [0.15, 0.2) is 41.8 Å². The van der Waals surface area contributed by atoms with E-state index >= 15 is 0 Å². The van der Waals surface area contributed by atoms with Crippen molar-refractivity contribution in [2.24, 2.45) is 7.05 Å². The average Bonchev–Trinajstić information content (AvgIpc) is 3.27. The molecule has 0 aliphatic heterocycles. The van der Waals surface area contributed by atoms with Crippen LogP contribution >= 0.6 is 11.3 Å². The summed E-state index contributed by atoms with van der Waals surface area (Å²) < 4.78 is 36.4. The zero-order chi connectivity index (χ0) is 21.0. The minimum absolute atomic E-state index is 0.273. The number of ether oxygens (including phenoxy) is 1. The molecule has 0 aliphatic rings. The highest BCUT2D eigenvalue weighted by Crippen LogP contribution is 2.40. The van der Waals surface area contributed by atoms with Crippen LogP contribution in [0.3, 0.4) is 0 Å². The number of halogens is 2. The molecule has 0 amide bonds. The monoisotopic (exact) mass is 422 g/mol. The lowest BCUT2D eigenvalue weighted by Crippen LogP contribution is -1.97. The number of thiophene rings is 1. The molecule has 3 heterocycles. The van der Waals surface area contributed by atoms with Crippen molar-refractivity contribution in [2.45, 2.75) is 6.92 Å². The summed E-state index contributed by atoms with van der Waals surface area (Å²) in [5.74, 6) is 0.331. The number of rotatable bonds is 3. The quantitative estimate of drug-likeness (QED) is 0.385. The standard InChI is InChI=1S/C22H16F2N4OS/c1-11-25-16-8-12(4-7-17(16)28(11)2)20-22-19(15(24)10-30-22)21(27-26-20)14-6-5-13(23)9-18(14)29-3/h4-10H,1-3H3. The second kappa shape index (κ2) is 6.84. The summed E-state index contributed by atoms with van der Waals surface area (Å²) in [7, 11) is 3.40. The largest absolute Gasteiger partial charge is 0.496 e. The SMILES string of the molecule is COc1cc(F)ccc1-c1nnc(-c2ccc3c(c2)nc(C)n3C)c2scc(F)c12. The summed E-state index contributed by atoms with van der Waals surface area (Å²) in [6, 6.07) is 9.90. The third-order valence-corrected chi connectivity index (χ3v) is 6.20. The first-order chi connectivity index (χ1) is 14.5. The van der Waals surface area contributed by atoms with Crippen LogP contribution in [-0.4, -0.2) is 26.9 Å². The maximum Gasteiger partial charge on any atom is 0.144 e. The van der Waals surface area contributed by atoms with Crippen molar-refractivity contribution in [3.8, 4) is 28.3 Å². The van der Waals surface area contributed by atoms with Gasteiger partial charge in [-0.2, -0.15) is 0 Å². The second-order valence-electron chi connectivity index (χ2n) is 6.95. The molecule has 3 aromatic heterocycles. The number of hydrogen-bond donors (Lipinski definition) is 0. The third kappa shape index (κ3) is 2.75. The van der Waals surface area contributed by atoms with Gasteiger partial charge in [-0.05, 0) is 31.2 Å². The van der Waals surface area contributed by atoms with Crippen LogP contribution in [0.2, 0.25) is 0 Å². The Morgan fingerprint density at radius 2 is 1.83 bits per heavy atom. The van der Waals surface area contributed by atoms with Crippen molar-refractivity contribution in [1.82, 2.24) is 19.7 Å². The molecule has 0 atom stereocenters. The van der Waals surface area contributed by atoms with Gasteiger partial charge < -0.3 is 9.30 Å². The number of fused-ring (bicyclic) bond motifs is 2. The number of nitrogens with zero attached hydrogens (tertiary/aromatic N) is 4. The van der Waals surface area contributed by atoms with Gasteiger partial charge in [-0.1, -0.05) is 6.07 Å². The van der Waals surface area contributed by atoms with Crippen LogP contribution in [0.5, 0.6) is 5.75 Å². The minimum Gasteiger partial charge on any atom is -0.496 e. The molecule has 0 fully saturated rings. The van der Waals surface area contributed by atoms with Crippen LogP contribution in [0.25, 0.3) is 43.6 Å². The smallest absolute Gasteiger partial charge is 0.144 e. The third-order valence-electron chi connectivity index (χ3n) is 5.24. The molecule has 5 nitrogen and oxygen atoms in total. The highest BCUT2D eigenvalue weighted by molar-refractivity contribution is 7.17. The van der Waals surface area contributed by atoms with E-state index in [-0.39, 0.29) is 5.75 Å². The van der Waals surface area contributed by atoms with Crippen molar-refractivity contribution in [1.29, 1.82) is 0 Å². The molecule has 0 aliphatic carbocycles. The molecule has 5 aromatic rings. The highest BCUT2D eigenvalue weighted by Gasteiger charge is 2.21. The summed E-state index contributed by atoms with van der Waals surface area (Å²) in [5, 5.41) is 10.5. The van der Waals surface area contributed by atoms with Crippen LogP contribution in [0, 0.1) is 18.6 Å². The zero-order valence-corrected chi connectivity index (χ0v) is 17.2. The Kier molecular flexibility index (Phi) is 4.25. The van der Waals surface area contributed by atoms with Gasteiger partial charge >= 0.3 is 0 Å². The van der Waals surface area contributed by atoms with E-state index in [1.807, 2.05) is 36.7 Å². The van der Waals surface area contributed by atoms with E-state index in [0.717, 1.165) is 22.4 Å². The normalized spacial score (nSPS) is 11.5. The molecule has 0 radical (unpaired) electrons. The fourth-order valence-electron chi connectivity index (χ4n) is 3.63. The molecule has 2 aromatic carbocycles. The molecule has 0 saturated carbocycles. The number of imidazole rings is 1. The Hall–Kier alpha value is -3.39. The van der Waals surface area contributed by atoms with Crippen LogP contribution in [0.1, 0.15) is 5.82 Å². The molecule has 0 bridgehead atoms. The molecule has 0 spiro atoms. The highest BCUT2D eigenvalue weighted by atomic mass is 32.1. The Morgan fingerprint density at radius 1 is 1.03 bits per heavy atom. The molecule has 5 rings (SSSR count). The van der Waals surface area contributed by atoms with Gasteiger partial charge in [0.25, 0.3) is 0 Å².